The number of nitro groups is 1. The molecule has 0 saturated heterocycles. The summed E-state index contributed by atoms with van der Waals surface area (Å²) >= 11 is 0. The zero-order chi connectivity index (χ0) is 15.0. The number of hydrogen-bond donors (Lipinski definition) is 1. The summed E-state index contributed by atoms with van der Waals surface area (Å²) in [5, 5.41) is 10.8. The van der Waals surface area contributed by atoms with Crippen molar-refractivity contribution in [3.8, 4) is 5.82 Å². The number of para-hydroxylation sites is 2. The molecule has 2 heterocycles. The summed E-state index contributed by atoms with van der Waals surface area (Å²) in [5.74, 6) is -0.583. The van der Waals surface area contributed by atoms with Gasteiger partial charge in [0.05, 0.1) is 21.5 Å². The van der Waals surface area contributed by atoms with Crippen molar-refractivity contribution in [1.82, 2.24) is 14.5 Å². The van der Waals surface area contributed by atoms with Crippen molar-refractivity contribution in [2.75, 3.05) is 0 Å². The largest absolute Gasteiger partial charge is 0.365 e. The van der Waals surface area contributed by atoms with Gasteiger partial charge in [-0.15, -0.1) is 0 Å². The van der Waals surface area contributed by atoms with Crippen molar-refractivity contribution in [3.63, 3.8) is 0 Å². The number of imidazole rings is 1. The van der Waals surface area contributed by atoms with Gasteiger partial charge in [-0.1, -0.05) is 12.1 Å². The van der Waals surface area contributed by atoms with Crippen LogP contribution in [-0.2, 0) is 0 Å². The third-order valence-electron chi connectivity index (χ3n) is 3.01. The maximum Gasteiger partial charge on any atom is 0.288 e. The van der Waals surface area contributed by atoms with Crippen LogP contribution in [0.15, 0.2) is 42.9 Å². The fourth-order valence-corrected chi connectivity index (χ4v) is 2.05. The Morgan fingerprint density at radius 2 is 2.05 bits per heavy atom. The van der Waals surface area contributed by atoms with Gasteiger partial charge in [-0.3, -0.25) is 19.5 Å². The Bertz CT molecular complexity index is 871. The molecule has 21 heavy (non-hydrogen) atoms. The van der Waals surface area contributed by atoms with E-state index in [2.05, 4.69) is 9.97 Å². The van der Waals surface area contributed by atoms with Crippen LogP contribution in [-0.4, -0.2) is 25.4 Å². The first-order valence-electron chi connectivity index (χ1n) is 5.94. The molecule has 0 aliphatic carbocycles. The first-order valence-corrected chi connectivity index (χ1v) is 5.94. The van der Waals surface area contributed by atoms with Crippen molar-refractivity contribution >= 4 is 22.6 Å². The molecule has 8 heteroatoms. The average molecular weight is 283 g/mol. The molecule has 0 bridgehead atoms. The summed E-state index contributed by atoms with van der Waals surface area (Å²) in [4.78, 5) is 29.9. The lowest BCUT2D eigenvalue weighted by Gasteiger charge is -2.07. The molecule has 0 saturated carbocycles. The van der Waals surface area contributed by atoms with Gasteiger partial charge in [0.1, 0.15) is 12.5 Å². The number of hydrogen-bond acceptors (Lipinski definition) is 5. The summed E-state index contributed by atoms with van der Waals surface area (Å²) in [5.41, 5.74) is 6.41. The van der Waals surface area contributed by atoms with Crippen molar-refractivity contribution < 1.29 is 9.72 Å². The highest BCUT2D eigenvalue weighted by molar-refractivity contribution is 5.97. The van der Waals surface area contributed by atoms with Gasteiger partial charge >= 0.3 is 0 Å². The molecule has 0 spiro atoms. The van der Waals surface area contributed by atoms with E-state index in [9.17, 15) is 14.9 Å². The Morgan fingerprint density at radius 1 is 1.29 bits per heavy atom. The Kier molecular flexibility index (Phi) is 2.83. The zero-order valence-corrected chi connectivity index (χ0v) is 10.6. The molecule has 2 aromatic heterocycles. The Hall–Kier alpha value is -3.29. The molecular weight excluding hydrogens is 274 g/mol. The number of nitrogens with zero attached hydrogens (tertiary/aromatic N) is 4. The number of rotatable bonds is 3. The van der Waals surface area contributed by atoms with Crippen molar-refractivity contribution in [2.24, 2.45) is 5.73 Å². The van der Waals surface area contributed by atoms with Crippen LogP contribution in [0.25, 0.3) is 16.9 Å². The monoisotopic (exact) mass is 283 g/mol. The summed E-state index contributed by atoms with van der Waals surface area (Å²) in [7, 11) is 0. The second kappa shape index (κ2) is 4.67. The Labute approximate surface area is 118 Å². The molecule has 3 aromatic rings. The van der Waals surface area contributed by atoms with Gasteiger partial charge in [0.15, 0.2) is 5.82 Å². The van der Waals surface area contributed by atoms with Crippen LogP contribution in [0, 0.1) is 10.1 Å². The van der Waals surface area contributed by atoms with E-state index in [0.29, 0.717) is 5.52 Å². The Morgan fingerprint density at radius 3 is 2.76 bits per heavy atom. The number of nitrogens with two attached hydrogens (primary N) is 1. The van der Waals surface area contributed by atoms with E-state index in [0.717, 1.165) is 17.8 Å². The zero-order valence-electron chi connectivity index (χ0n) is 10.6. The SMILES string of the molecule is NC(=O)c1cc([N+](=O)[O-])cnc1-n1cnc2ccccc21. The number of pyridine rings is 1. The summed E-state index contributed by atoms with van der Waals surface area (Å²) in [6.45, 7) is 0. The highest BCUT2D eigenvalue weighted by atomic mass is 16.6. The highest BCUT2D eigenvalue weighted by Gasteiger charge is 2.18. The number of carbonyl (C=O) groups is 1. The molecule has 0 aliphatic rings. The van der Waals surface area contributed by atoms with Gasteiger partial charge in [0.2, 0.25) is 0 Å². The quantitative estimate of drug-likeness (QED) is 0.576. The topological polar surface area (TPSA) is 117 Å². The molecule has 2 N–H and O–H groups in total. The van der Waals surface area contributed by atoms with Gasteiger partial charge < -0.3 is 5.73 Å². The molecule has 0 fully saturated rings. The standard InChI is InChI=1S/C13H9N5O3/c14-12(19)9-5-8(18(20)21)6-15-13(9)17-7-16-10-3-1-2-4-11(10)17/h1-7H,(H2,14,19). The average Bonchev–Trinajstić information content (AvgIpc) is 2.90. The van der Waals surface area contributed by atoms with Gasteiger partial charge in [-0.25, -0.2) is 9.97 Å². The number of fused-ring (bicyclic) bond motifs is 1. The molecular formula is C13H9N5O3. The predicted octanol–water partition coefficient (Wildman–Crippen LogP) is 1.43. The molecule has 0 atom stereocenters. The van der Waals surface area contributed by atoms with Crippen LogP contribution in [0.4, 0.5) is 5.69 Å². The number of primary amides is 1. The van der Waals surface area contributed by atoms with Crippen LogP contribution in [0.2, 0.25) is 0 Å². The smallest absolute Gasteiger partial charge is 0.288 e. The third-order valence-corrected chi connectivity index (χ3v) is 3.01. The molecule has 1 amide bonds. The summed E-state index contributed by atoms with van der Waals surface area (Å²) in [6, 6.07) is 8.37. The molecule has 104 valence electrons. The van der Waals surface area contributed by atoms with Crippen LogP contribution in [0.3, 0.4) is 0 Å². The maximum absolute atomic E-state index is 11.6. The normalized spacial score (nSPS) is 10.7. The van der Waals surface area contributed by atoms with Crippen LogP contribution in [0.5, 0.6) is 0 Å². The van der Waals surface area contributed by atoms with Crippen molar-refractivity contribution in [1.29, 1.82) is 0 Å². The molecule has 8 nitrogen and oxygen atoms in total. The second-order valence-electron chi connectivity index (χ2n) is 4.29. The van der Waals surface area contributed by atoms with Crippen LogP contribution >= 0.6 is 0 Å². The number of carbonyl (C=O) groups excluding carboxylic acids is 1. The van der Waals surface area contributed by atoms with E-state index in [-0.39, 0.29) is 17.1 Å². The lowest BCUT2D eigenvalue weighted by Crippen LogP contribution is -2.16. The first kappa shape index (κ1) is 12.7. The van der Waals surface area contributed by atoms with Gasteiger partial charge in [0, 0.05) is 6.07 Å². The molecule has 0 unspecified atom stereocenters. The Balaban J connectivity index is 2.27. The van der Waals surface area contributed by atoms with Crippen LogP contribution in [0.1, 0.15) is 10.4 Å². The summed E-state index contributed by atoms with van der Waals surface area (Å²) < 4.78 is 1.57. The van der Waals surface area contributed by atoms with E-state index in [1.54, 1.807) is 16.7 Å². The summed E-state index contributed by atoms with van der Waals surface area (Å²) in [6.07, 6.45) is 2.57. The lowest BCUT2D eigenvalue weighted by atomic mass is 10.2. The minimum atomic E-state index is -0.793. The number of aromatic nitrogens is 3. The third kappa shape index (κ3) is 2.08. The van der Waals surface area contributed by atoms with Crippen LogP contribution < -0.4 is 5.73 Å². The minimum Gasteiger partial charge on any atom is -0.365 e. The fourth-order valence-electron chi connectivity index (χ4n) is 2.05. The lowest BCUT2D eigenvalue weighted by molar-refractivity contribution is -0.385. The molecule has 1 aromatic carbocycles. The highest BCUT2D eigenvalue weighted by Crippen LogP contribution is 2.22. The second-order valence-corrected chi connectivity index (χ2v) is 4.29. The van der Waals surface area contributed by atoms with E-state index >= 15 is 0 Å². The van der Waals surface area contributed by atoms with E-state index in [1.165, 1.54) is 6.33 Å². The van der Waals surface area contributed by atoms with Crippen molar-refractivity contribution in [2.45, 2.75) is 0 Å². The van der Waals surface area contributed by atoms with E-state index < -0.39 is 10.8 Å². The van der Waals surface area contributed by atoms with Gasteiger partial charge in [0.25, 0.3) is 11.6 Å². The van der Waals surface area contributed by atoms with Gasteiger partial charge in [-0.2, -0.15) is 0 Å². The molecule has 0 radical (unpaired) electrons. The minimum absolute atomic E-state index is 0.0349. The van der Waals surface area contributed by atoms with Crippen molar-refractivity contribution in [3.05, 3.63) is 58.5 Å². The first-order chi connectivity index (χ1) is 10.1. The number of amides is 1. The number of benzene rings is 1. The fraction of sp³-hybridized carbons (Fsp3) is 0. The maximum atomic E-state index is 11.6. The van der Waals surface area contributed by atoms with E-state index in [4.69, 9.17) is 5.73 Å². The van der Waals surface area contributed by atoms with E-state index in [1.807, 2.05) is 12.1 Å². The molecule has 3 rings (SSSR count). The van der Waals surface area contributed by atoms with Gasteiger partial charge in [-0.05, 0) is 12.1 Å². The predicted molar refractivity (Wildman–Crippen MR) is 74.0 cm³/mol. The molecule has 0 aliphatic heterocycles.